The second kappa shape index (κ2) is 7.31. The third-order valence-corrected chi connectivity index (χ3v) is 10.1. The summed E-state index contributed by atoms with van der Waals surface area (Å²) < 4.78 is 23.8. The van der Waals surface area contributed by atoms with Crippen molar-refractivity contribution < 1.29 is 28.8 Å². The molecular formula is C19H30O6Si. The van der Waals surface area contributed by atoms with Gasteiger partial charge in [-0.05, 0) is 18.1 Å². The smallest absolute Gasteiger partial charge is 0.195 e. The molecule has 0 unspecified atom stereocenters. The lowest BCUT2D eigenvalue weighted by molar-refractivity contribution is -0.351. The minimum atomic E-state index is -2.16. The standard InChI is InChI=1S/C19H30O6Si/c1-19(2,3)26(4,5)25-18-15(21)14(20)16-13(23-18)11-22-17(24-16)12-9-7-6-8-10-12/h6-10,13-18,20-21H,11H2,1-5H3/t13-,14-,15-,16+,17+,18+/m1/s1. The van der Waals surface area contributed by atoms with Crippen molar-refractivity contribution in [3.63, 3.8) is 0 Å². The molecule has 1 aromatic carbocycles. The van der Waals surface area contributed by atoms with Crippen molar-refractivity contribution in [2.75, 3.05) is 6.61 Å². The molecule has 0 aromatic heterocycles. The van der Waals surface area contributed by atoms with Gasteiger partial charge in [0.1, 0.15) is 24.4 Å². The second-order valence-corrected chi connectivity index (χ2v) is 13.3. The lowest BCUT2D eigenvalue weighted by Crippen LogP contribution is -2.64. The Morgan fingerprint density at radius 1 is 1.04 bits per heavy atom. The summed E-state index contributed by atoms with van der Waals surface area (Å²) in [7, 11) is -2.16. The van der Waals surface area contributed by atoms with Crippen molar-refractivity contribution in [2.24, 2.45) is 0 Å². The highest BCUT2D eigenvalue weighted by atomic mass is 28.4. The van der Waals surface area contributed by atoms with E-state index >= 15 is 0 Å². The molecule has 0 saturated carbocycles. The van der Waals surface area contributed by atoms with Gasteiger partial charge in [0.15, 0.2) is 20.9 Å². The maximum absolute atomic E-state index is 10.6. The van der Waals surface area contributed by atoms with Gasteiger partial charge in [-0.3, -0.25) is 0 Å². The van der Waals surface area contributed by atoms with Crippen LogP contribution < -0.4 is 0 Å². The number of rotatable bonds is 3. The lowest BCUT2D eigenvalue weighted by atomic mass is 9.98. The van der Waals surface area contributed by atoms with Crippen LogP contribution in [0.2, 0.25) is 18.1 Å². The van der Waals surface area contributed by atoms with Crippen LogP contribution in [-0.4, -0.2) is 55.8 Å². The van der Waals surface area contributed by atoms with Crippen LogP contribution in [0.3, 0.4) is 0 Å². The Balaban J connectivity index is 1.70. The average Bonchev–Trinajstić information content (AvgIpc) is 2.59. The van der Waals surface area contributed by atoms with Crippen LogP contribution in [0.4, 0.5) is 0 Å². The molecule has 6 atom stereocenters. The molecule has 0 bridgehead atoms. The maximum Gasteiger partial charge on any atom is 0.195 e. The van der Waals surface area contributed by atoms with E-state index in [-0.39, 0.29) is 11.6 Å². The number of hydrogen-bond acceptors (Lipinski definition) is 6. The molecule has 6 nitrogen and oxygen atoms in total. The van der Waals surface area contributed by atoms with Crippen molar-refractivity contribution in [1.82, 2.24) is 0 Å². The Labute approximate surface area is 156 Å². The summed E-state index contributed by atoms with van der Waals surface area (Å²) >= 11 is 0. The largest absolute Gasteiger partial charge is 0.390 e. The molecule has 2 aliphatic heterocycles. The summed E-state index contributed by atoms with van der Waals surface area (Å²) in [6, 6.07) is 9.53. The normalized spacial score (nSPS) is 35.8. The molecule has 26 heavy (non-hydrogen) atoms. The van der Waals surface area contributed by atoms with Crippen LogP contribution in [0.25, 0.3) is 0 Å². The highest BCUT2D eigenvalue weighted by Gasteiger charge is 2.51. The molecule has 7 heteroatoms. The van der Waals surface area contributed by atoms with Crippen LogP contribution >= 0.6 is 0 Å². The van der Waals surface area contributed by atoms with Crippen molar-refractivity contribution in [2.45, 2.75) is 75.9 Å². The number of benzene rings is 1. The van der Waals surface area contributed by atoms with Gasteiger partial charge in [0, 0.05) is 5.56 Å². The van der Waals surface area contributed by atoms with Crippen molar-refractivity contribution in [3.8, 4) is 0 Å². The Bertz CT molecular complexity index is 600. The number of fused-ring (bicyclic) bond motifs is 1. The Morgan fingerprint density at radius 3 is 2.31 bits per heavy atom. The first kappa shape index (κ1) is 19.9. The predicted molar refractivity (Wildman–Crippen MR) is 99.0 cm³/mol. The van der Waals surface area contributed by atoms with Crippen molar-refractivity contribution in [1.29, 1.82) is 0 Å². The van der Waals surface area contributed by atoms with Crippen molar-refractivity contribution >= 4 is 8.32 Å². The van der Waals surface area contributed by atoms with Gasteiger partial charge in [0.25, 0.3) is 0 Å². The maximum atomic E-state index is 10.6. The number of ether oxygens (including phenoxy) is 3. The molecule has 0 amide bonds. The fourth-order valence-electron chi connectivity index (χ4n) is 2.92. The zero-order chi connectivity index (χ0) is 19.1. The van der Waals surface area contributed by atoms with Crippen LogP contribution in [0.15, 0.2) is 30.3 Å². The molecule has 0 radical (unpaired) electrons. The van der Waals surface area contributed by atoms with E-state index in [2.05, 4.69) is 33.9 Å². The SMILES string of the molecule is CC(C)(C)[Si](C)(C)O[C@@H]1O[C@@H]2CO[C@H](c3ccccc3)O[C@@H]2[C@H](O)[C@H]1O. The van der Waals surface area contributed by atoms with E-state index in [0.717, 1.165) is 5.56 Å². The van der Waals surface area contributed by atoms with E-state index in [1.807, 2.05) is 30.3 Å². The third kappa shape index (κ3) is 3.89. The zero-order valence-electron chi connectivity index (χ0n) is 16.1. The van der Waals surface area contributed by atoms with E-state index < -0.39 is 45.3 Å². The molecule has 146 valence electrons. The van der Waals surface area contributed by atoms with Gasteiger partial charge in [0.2, 0.25) is 0 Å². The van der Waals surface area contributed by atoms with Gasteiger partial charge in [-0.15, -0.1) is 0 Å². The van der Waals surface area contributed by atoms with E-state index in [0.29, 0.717) is 0 Å². The number of hydrogen-bond donors (Lipinski definition) is 2. The lowest BCUT2D eigenvalue weighted by Gasteiger charge is -2.49. The molecule has 0 aliphatic carbocycles. The van der Waals surface area contributed by atoms with Crippen LogP contribution in [0.5, 0.6) is 0 Å². The van der Waals surface area contributed by atoms with E-state index in [1.165, 1.54) is 0 Å². The van der Waals surface area contributed by atoms with Gasteiger partial charge in [-0.1, -0.05) is 51.1 Å². The van der Waals surface area contributed by atoms with Gasteiger partial charge in [0.05, 0.1) is 6.61 Å². The molecule has 2 fully saturated rings. The van der Waals surface area contributed by atoms with Gasteiger partial charge >= 0.3 is 0 Å². The molecule has 3 rings (SSSR count). The van der Waals surface area contributed by atoms with Crippen LogP contribution in [0, 0.1) is 0 Å². The quantitative estimate of drug-likeness (QED) is 0.783. The monoisotopic (exact) mass is 382 g/mol. The summed E-state index contributed by atoms with van der Waals surface area (Å²) in [5.74, 6) is 0. The van der Waals surface area contributed by atoms with E-state index in [9.17, 15) is 10.2 Å². The number of aliphatic hydroxyl groups is 2. The molecule has 2 N–H and O–H groups in total. The molecule has 1 aromatic rings. The Morgan fingerprint density at radius 2 is 1.69 bits per heavy atom. The summed E-state index contributed by atoms with van der Waals surface area (Å²) in [5.41, 5.74) is 0.868. The first-order chi connectivity index (χ1) is 12.1. The fourth-order valence-corrected chi connectivity index (χ4v) is 4.05. The predicted octanol–water partition coefficient (Wildman–Crippen LogP) is 2.57. The first-order valence-corrected chi connectivity index (χ1v) is 12.0. The van der Waals surface area contributed by atoms with Crippen LogP contribution in [-0.2, 0) is 18.6 Å². The number of aliphatic hydroxyl groups excluding tert-OH is 2. The minimum Gasteiger partial charge on any atom is -0.390 e. The molecule has 2 heterocycles. The summed E-state index contributed by atoms with van der Waals surface area (Å²) in [6.45, 7) is 10.8. The van der Waals surface area contributed by atoms with Gasteiger partial charge in [-0.2, -0.15) is 0 Å². The summed E-state index contributed by atoms with van der Waals surface area (Å²) in [6.07, 6.45) is -4.88. The highest BCUT2D eigenvalue weighted by molar-refractivity contribution is 6.74. The first-order valence-electron chi connectivity index (χ1n) is 9.11. The van der Waals surface area contributed by atoms with E-state index in [1.54, 1.807) is 0 Å². The molecule has 0 spiro atoms. The molecule has 2 saturated heterocycles. The Hall–Kier alpha value is -0.803. The topological polar surface area (TPSA) is 77.4 Å². The van der Waals surface area contributed by atoms with Crippen LogP contribution in [0.1, 0.15) is 32.6 Å². The van der Waals surface area contributed by atoms with E-state index in [4.69, 9.17) is 18.6 Å². The average molecular weight is 383 g/mol. The molecule has 2 aliphatic rings. The summed E-state index contributed by atoms with van der Waals surface area (Å²) in [5, 5.41) is 21.2. The second-order valence-electron chi connectivity index (χ2n) is 8.58. The van der Waals surface area contributed by atoms with Gasteiger partial charge in [-0.25, -0.2) is 0 Å². The summed E-state index contributed by atoms with van der Waals surface area (Å²) in [4.78, 5) is 0. The zero-order valence-corrected chi connectivity index (χ0v) is 17.1. The Kier molecular flexibility index (Phi) is 5.61. The highest BCUT2D eigenvalue weighted by Crippen LogP contribution is 2.40. The molecular weight excluding hydrogens is 352 g/mol. The minimum absolute atomic E-state index is 0.0319. The van der Waals surface area contributed by atoms with Gasteiger partial charge < -0.3 is 28.8 Å². The third-order valence-electron chi connectivity index (χ3n) is 5.62. The fraction of sp³-hybridized carbons (Fsp3) is 0.684. The van der Waals surface area contributed by atoms with Crippen molar-refractivity contribution in [3.05, 3.63) is 35.9 Å².